The van der Waals surface area contributed by atoms with Crippen LogP contribution >= 0.6 is 11.8 Å². The van der Waals surface area contributed by atoms with E-state index in [0.717, 1.165) is 53.9 Å². The number of benzene rings is 3. The number of aryl methyl sites for hydroxylation is 2. The normalized spacial score (nSPS) is 14.4. The molecule has 14 heteroatoms. The Bertz CT molecular complexity index is 1710. The second kappa shape index (κ2) is 12.3. The minimum absolute atomic E-state index is 0.125. The highest BCUT2D eigenvalue weighted by Crippen LogP contribution is 2.32. The van der Waals surface area contributed by atoms with Gasteiger partial charge in [0.2, 0.25) is 5.91 Å². The standard InChI is InChI=1S/C29H24F4N6O3S/c1-3-4-18-6-5-17(2)13-24(18)39-25(40)15-43-28(39)36-27(41)35-23-12-7-19(14-22(23)30)26-34-16-38(37-26)20-8-10-21(11-9-20)42-29(31,32)33/h5-14,16H,3-4,15H2,1-2H3,(H,35,41). The van der Waals surface area contributed by atoms with Gasteiger partial charge in [0.15, 0.2) is 11.0 Å². The Morgan fingerprint density at radius 1 is 1.12 bits per heavy atom. The lowest BCUT2D eigenvalue weighted by Crippen LogP contribution is -2.31. The Balaban J connectivity index is 1.30. The number of urea groups is 1. The lowest BCUT2D eigenvalue weighted by atomic mass is 10.0. The SMILES string of the molecule is CCCc1ccc(C)cc1N1C(=O)CSC1=NC(=O)Nc1ccc(-c2ncn(-c3ccc(OC(F)(F)F)cc3)n2)cc1F. The first kappa shape index (κ1) is 29.8. The van der Waals surface area contributed by atoms with Crippen LogP contribution in [-0.4, -0.2) is 44.0 Å². The first-order valence-electron chi connectivity index (χ1n) is 13.0. The van der Waals surface area contributed by atoms with Crippen molar-refractivity contribution in [2.24, 2.45) is 4.99 Å². The number of aliphatic imine (C=N–C) groups is 1. The molecule has 0 saturated carbocycles. The van der Waals surface area contributed by atoms with Gasteiger partial charge in [-0.1, -0.05) is 37.2 Å². The number of aromatic nitrogens is 3. The summed E-state index contributed by atoms with van der Waals surface area (Å²) < 4.78 is 57.4. The van der Waals surface area contributed by atoms with Gasteiger partial charge >= 0.3 is 12.4 Å². The molecule has 43 heavy (non-hydrogen) atoms. The summed E-state index contributed by atoms with van der Waals surface area (Å²) in [4.78, 5) is 35.2. The predicted octanol–water partition coefficient (Wildman–Crippen LogP) is 6.90. The minimum atomic E-state index is -4.81. The van der Waals surface area contributed by atoms with Gasteiger partial charge in [-0.3, -0.25) is 9.69 Å². The van der Waals surface area contributed by atoms with E-state index in [1.807, 2.05) is 32.0 Å². The second-order valence-corrected chi connectivity index (χ2v) is 10.4. The number of carbonyl (C=O) groups is 2. The van der Waals surface area contributed by atoms with Gasteiger partial charge in [-0.25, -0.2) is 18.9 Å². The summed E-state index contributed by atoms with van der Waals surface area (Å²) >= 11 is 1.13. The van der Waals surface area contributed by atoms with Gasteiger partial charge in [-0.2, -0.15) is 4.99 Å². The molecule has 0 radical (unpaired) electrons. The van der Waals surface area contributed by atoms with Crippen LogP contribution in [0.1, 0.15) is 24.5 Å². The van der Waals surface area contributed by atoms with E-state index in [1.54, 1.807) is 0 Å². The molecule has 1 aromatic heterocycles. The van der Waals surface area contributed by atoms with Gasteiger partial charge in [0.05, 0.1) is 22.8 Å². The maximum atomic E-state index is 15.0. The van der Waals surface area contributed by atoms with Gasteiger partial charge in [0.1, 0.15) is 17.9 Å². The average Bonchev–Trinajstić information content (AvgIpc) is 3.58. The van der Waals surface area contributed by atoms with Gasteiger partial charge in [0.25, 0.3) is 0 Å². The number of nitrogens with one attached hydrogen (secondary N) is 1. The third-order valence-electron chi connectivity index (χ3n) is 6.26. The molecule has 1 aliphatic heterocycles. The highest BCUT2D eigenvalue weighted by Gasteiger charge is 2.32. The molecular weight excluding hydrogens is 588 g/mol. The van der Waals surface area contributed by atoms with Gasteiger partial charge in [0, 0.05) is 5.56 Å². The molecule has 5 rings (SSSR count). The number of halogens is 4. The molecule has 3 aromatic carbocycles. The van der Waals surface area contributed by atoms with E-state index < -0.39 is 18.2 Å². The largest absolute Gasteiger partial charge is 0.573 e. The molecule has 1 N–H and O–H groups in total. The number of amides is 3. The first-order valence-corrected chi connectivity index (χ1v) is 14.0. The van der Waals surface area contributed by atoms with Gasteiger partial charge in [-0.15, -0.1) is 18.3 Å². The minimum Gasteiger partial charge on any atom is -0.406 e. The highest BCUT2D eigenvalue weighted by molar-refractivity contribution is 8.15. The molecule has 0 bridgehead atoms. The number of ether oxygens (including phenoxy) is 1. The smallest absolute Gasteiger partial charge is 0.406 e. The van der Waals surface area contributed by atoms with E-state index in [0.29, 0.717) is 16.9 Å². The lowest BCUT2D eigenvalue weighted by Gasteiger charge is -2.20. The van der Waals surface area contributed by atoms with Crippen LogP contribution in [-0.2, 0) is 11.2 Å². The topological polar surface area (TPSA) is 102 Å². The zero-order chi connectivity index (χ0) is 30.7. The lowest BCUT2D eigenvalue weighted by molar-refractivity contribution is -0.274. The van der Waals surface area contributed by atoms with Crippen LogP contribution in [0.4, 0.5) is 33.7 Å². The molecule has 4 aromatic rings. The van der Waals surface area contributed by atoms with Crippen LogP contribution in [0, 0.1) is 12.7 Å². The van der Waals surface area contributed by atoms with Crippen LogP contribution in [0.2, 0.25) is 0 Å². The number of thioether (sulfide) groups is 1. The van der Waals surface area contributed by atoms with E-state index >= 15 is 4.39 Å². The molecule has 1 saturated heterocycles. The number of amidine groups is 1. The van der Waals surface area contributed by atoms with Crippen LogP contribution in [0.25, 0.3) is 17.1 Å². The number of hydrogen-bond donors (Lipinski definition) is 1. The van der Waals surface area contributed by atoms with Crippen molar-refractivity contribution >= 4 is 40.2 Å². The van der Waals surface area contributed by atoms with E-state index in [2.05, 4.69) is 25.1 Å². The van der Waals surface area contributed by atoms with Gasteiger partial charge in [-0.05, 0) is 73.0 Å². The highest BCUT2D eigenvalue weighted by atomic mass is 32.2. The van der Waals surface area contributed by atoms with Crippen molar-refractivity contribution in [1.29, 1.82) is 0 Å². The Morgan fingerprint density at radius 3 is 2.58 bits per heavy atom. The summed E-state index contributed by atoms with van der Waals surface area (Å²) in [5.74, 6) is -1.09. The molecule has 3 amide bonds. The molecule has 1 fully saturated rings. The summed E-state index contributed by atoms with van der Waals surface area (Å²) in [5.41, 5.74) is 3.16. The van der Waals surface area contributed by atoms with Crippen molar-refractivity contribution in [2.75, 3.05) is 16.0 Å². The first-order chi connectivity index (χ1) is 20.5. The van der Waals surface area contributed by atoms with Crippen molar-refractivity contribution in [3.63, 3.8) is 0 Å². The van der Waals surface area contributed by atoms with Crippen LogP contribution in [0.5, 0.6) is 5.75 Å². The number of hydrogen-bond acceptors (Lipinski definition) is 6. The van der Waals surface area contributed by atoms with Crippen molar-refractivity contribution in [1.82, 2.24) is 14.8 Å². The van der Waals surface area contributed by atoms with E-state index in [9.17, 15) is 22.8 Å². The van der Waals surface area contributed by atoms with Gasteiger partial charge < -0.3 is 10.1 Å². The molecular formula is C29H24F4N6O3S. The Kier molecular flexibility index (Phi) is 8.48. The average molecular weight is 613 g/mol. The number of nitrogens with zero attached hydrogens (tertiary/aromatic N) is 5. The van der Waals surface area contributed by atoms with Crippen molar-refractivity contribution in [3.8, 4) is 22.8 Å². The number of carbonyl (C=O) groups excluding carboxylic acids is 2. The number of anilines is 2. The molecule has 9 nitrogen and oxygen atoms in total. The maximum Gasteiger partial charge on any atom is 0.573 e. The summed E-state index contributed by atoms with van der Waals surface area (Å²) in [6.45, 7) is 3.95. The monoisotopic (exact) mass is 612 g/mol. The predicted molar refractivity (Wildman–Crippen MR) is 155 cm³/mol. The number of rotatable bonds is 7. The third-order valence-corrected chi connectivity index (χ3v) is 7.18. The molecule has 0 unspecified atom stereocenters. The summed E-state index contributed by atoms with van der Waals surface area (Å²) in [5, 5.41) is 6.87. The maximum absolute atomic E-state index is 15.0. The summed E-state index contributed by atoms with van der Waals surface area (Å²) in [6, 6.07) is 13.9. The Morgan fingerprint density at radius 2 is 1.88 bits per heavy atom. The molecule has 222 valence electrons. The van der Waals surface area contributed by atoms with E-state index in [-0.39, 0.29) is 34.1 Å². The van der Waals surface area contributed by atoms with Crippen LogP contribution < -0.4 is 15.0 Å². The fraction of sp³-hybridized carbons (Fsp3) is 0.207. The summed E-state index contributed by atoms with van der Waals surface area (Å²) in [6.07, 6.45) is -1.86. The van der Waals surface area contributed by atoms with Crippen molar-refractivity contribution in [2.45, 2.75) is 33.1 Å². The molecule has 0 aliphatic carbocycles. The Labute approximate surface area is 247 Å². The quantitative estimate of drug-likeness (QED) is 0.228. The fourth-order valence-electron chi connectivity index (χ4n) is 4.35. The van der Waals surface area contributed by atoms with Crippen LogP contribution in [0.3, 0.4) is 0 Å². The van der Waals surface area contributed by atoms with E-state index in [1.165, 1.54) is 40.2 Å². The zero-order valence-corrected chi connectivity index (χ0v) is 23.7. The summed E-state index contributed by atoms with van der Waals surface area (Å²) in [7, 11) is 0. The van der Waals surface area contributed by atoms with Crippen molar-refractivity contribution < 1.29 is 31.9 Å². The molecule has 0 spiro atoms. The van der Waals surface area contributed by atoms with E-state index in [4.69, 9.17) is 0 Å². The molecule has 2 heterocycles. The Hall–Kier alpha value is -4.72. The van der Waals surface area contributed by atoms with Crippen LogP contribution in [0.15, 0.2) is 72.0 Å². The zero-order valence-electron chi connectivity index (χ0n) is 22.9. The third kappa shape index (κ3) is 7.02. The fourth-order valence-corrected chi connectivity index (χ4v) is 5.21. The second-order valence-electron chi connectivity index (χ2n) is 9.47. The van der Waals surface area contributed by atoms with Crippen molar-refractivity contribution in [3.05, 3.63) is 83.9 Å². The molecule has 0 atom stereocenters. The number of alkyl halides is 3. The molecule has 1 aliphatic rings.